The fourth-order valence-electron chi connectivity index (χ4n) is 2.90. The molecule has 0 heterocycles. The van der Waals surface area contributed by atoms with Gasteiger partial charge in [0.05, 0.1) is 11.4 Å². The summed E-state index contributed by atoms with van der Waals surface area (Å²) >= 11 is 0. The predicted octanol–water partition coefficient (Wildman–Crippen LogP) is 1.45. The molecule has 0 atom stereocenters. The number of benzene rings is 2. The van der Waals surface area contributed by atoms with E-state index in [1.54, 1.807) is 18.2 Å². The first-order chi connectivity index (χ1) is 13.3. The number of carbonyl (C=O) groups excluding carboxylic acids is 3. The van der Waals surface area contributed by atoms with Crippen molar-refractivity contribution in [3.05, 3.63) is 58.7 Å². The van der Waals surface area contributed by atoms with Gasteiger partial charge in [0.1, 0.15) is 0 Å². The van der Waals surface area contributed by atoms with Gasteiger partial charge in [0.15, 0.2) is 0 Å². The molecule has 7 N–H and O–H groups in total. The van der Waals surface area contributed by atoms with Gasteiger partial charge < -0.3 is 16.4 Å². The Balaban J connectivity index is 2.20. The number of hydrogen-bond donors (Lipinski definition) is 5. The molecule has 0 radical (unpaired) electrons. The van der Waals surface area contributed by atoms with Crippen LogP contribution >= 0.6 is 0 Å². The zero-order valence-corrected chi connectivity index (χ0v) is 16.0. The molecule has 0 bridgehead atoms. The van der Waals surface area contributed by atoms with Gasteiger partial charge in [-0.05, 0) is 53.8 Å². The number of nitrogens with one attached hydrogen (secondary N) is 3. The summed E-state index contributed by atoms with van der Waals surface area (Å²) in [6.45, 7) is 3.13. The standard InChI is InChI=1S/C20H25N5O3/c1-12(26)23-18-8-4-14(9-19(18)24-13(2)27)3-5-15-6-7-16(20(28)25-22)10-17(15)11-21/h4,6-10H,3,5,11,21-22H2,1-2H3,(H,23,26)(H,24,27)(H,25,28). The SMILES string of the molecule is CC(=O)Nc1ccc(CCc2ccc(C(=O)NN)cc2CN)cc1NC(C)=O. The predicted molar refractivity (Wildman–Crippen MR) is 108 cm³/mol. The molecule has 3 amide bonds. The van der Waals surface area contributed by atoms with Crippen molar-refractivity contribution in [2.45, 2.75) is 33.2 Å². The lowest BCUT2D eigenvalue weighted by molar-refractivity contribution is -0.115. The first kappa shape index (κ1) is 21.1. The summed E-state index contributed by atoms with van der Waals surface area (Å²) in [5.41, 5.74) is 12.4. The molecule has 0 spiro atoms. The van der Waals surface area contributed by atoms with Crippen molar-refractivity contribution in [2.24, 2.45) is 11.6 Å². The number of hydrogen-bond acceptors (Lipinski definition) is 5. The number of anilines is 2. The molecule has 0 aliphatic carbocycles. The Bertz CT molecular complexity index is 895. The minimum absolute atomic E-state index is 0.214. The summed E-state index contributed by atoms with van der Waals surface area (Å²) in [6, 6.07) is 10.8. The average molecular weight is 383 g/mol. The molecule has 0 aliphatic rings. The van der Waals surface area contributed by atoms with Crippen LogP contribution in [0, 0.1) is 0 Å². The van der Waals surface area contributed by atoms with Crippen LogP contribution in [0.5, 0.6) is 0 Å². The molecular weight excluding hydrogens is 358 g/mol. The maximum Gasteiger partial charge on any atom is 0.265 e. The van der Waals surface area contributed by atoms with Crippen LogP contribution < -0.4 is 27.6 Å². The van der Waals surface area contributed by atoms with E-state index in [2.05, 4.69) is 16.1 Å². The van der Waals surface area contributed by atoms with Crippen LogP contribution in [-0.2, 0) is 29.0 Å². The van der Waals surface area contributed by atoms with E-state index in [1.807, 2.05) is 18.2 Å². The number of nitrogen functional groups attached to an aromatic ring is 1. The second-order valence-electron chi connectivity index (χ2n) is 6.40. The molecule has 0 aromatic heterocycles. The van der Waals surface area contributed by atoms with Crippen molar-refractivity contribution in [1.82, 2.24) is 5.43 Å². The zero-order valence-electron chi connectivity index (χ0n) is 16.0. The van der Waals surface area contributed by atoms with Gasteiger partial charge in [0.2, 0.25) is 11.8 Å². The molecule has 0 aliphatic heterocycles. The fourth-order valence-corrected chi connectivity index (χ4v) is 2.90. The van der Waals surface area contributed by atoms with Crippen LogP contribution in [0.2, 0.25) is 0 Å². The molecule has 2 rings (SSSR count). The molecule has 2 aromatic rings. The lowest BCUT2D eigenvalue weighted by Gasteiger charge is -2.14. The summed E-state index contributed by atoms with van der Waals surface area (Å²) in [4.78, 5) is 34.5. The molecule has 0 saturated carbocycles. The molecule has 8 nitrogen and oxygen atoms in total. The fraction of sp³-hybridized carbons (Fsp3) is 0.250. The molecular formula is C20H25N5O3. The summed E-state index contributed by atoms with van der Waals surface area (Å²) in [6.07, 6.45) is 1.40. The number of rotatable bonds is 7. The summed E-state index contributed by atoms with van der Waals surface area (Å²) < 4.78 is 0. The van der Waals surface area contributed by atoms with Crippen molar-refractivity contribution in [3.8, 4) is 0 Å². The molecule has 0 saturated heterocycles. The van der Waals surface area contributed by atoms with Crippen LogP contribution in [0.1, 0.15) is 40.9 Å². The van der Waals surface area contributed by atoms with Gasteiger partial charge in [-0.25, -0.2) is 5.84 Å². The maximum atomic E-state index is 11.7. The van der Waals surface area contributed by atoms with Crippen molar-refractivity contribution in [1.29, 1.82) is 0 Å². The van der Waals surface area contributed by atoms with E-state index >= 15 is 0 Å². The summed E-state index contributed by atoms with van der Waals surface area (Å²) in [5.74, 6) is 4.37. The zero-order chi connectivity index (χ0) is 20.7. The molecule has 148 valence electrons. The lowest BCUT2D eigenvalue weighted by atomic mass is 9.97. The van der Waals surface area contributed by atoms with Crippen LogP contribution in [0.3, 0.4) is 0 Å². The summed E-state index contributed by atoms with van der Waals surface area (Å²) in [5, 5.41) is 5.44. The number of carbonyl (C=O) groups is 3. The Morgan fingerprint density at radius 2 is 1.54 bits per heavy atom. The van der Waals surface area contributed by atoms with Gasteiger partial charge in [-0.15, -0.1) is 0 Å². The first-order valence-electron chi connectivity index (χ1n) is 8.85. The highest BCUT2D eigenvalue weighted by Crippen LogP contribution is 2.25. The Labute approximate surface area is 163 Å². The van der Waals surface area contributed by atoms with Crippen LogP contribution in [0.25, 0.3) is 0 Å². The summed E-state index contributed by atoms with van der Waals surface area (Å²) in [7, 11) is 0. The van der Waals surface area contributed by atoms with Gasteiger partial charge in [-0.2, -0.15) is 0 Å². The van der Waals surface area contributed by atoms with Crippen LogP contribution in [-0.4, -0.2) is 17.7 Å². The highest BCUT2D eigenvalue weighted by Gasteiger charge is 2.10. The third-order valence-electron chi connectivity index (χ3n) is 4.21. The highest BCUT2D eigenvalue weighted by molar-refractivity contribution is 5.98. The third kappa shape index (κ3) is 5.63. The van der Waals surface area contributed by atoms with Gasteiger partial charge in [-0.1, -0.05) is 12.1 Å². The van der Waals surface area contributed by atoms with Crippen molar-refractivity contribution in [2.75, 3.05) is 10.6 Å². The number of nitrogens with two attached hydrogens (primary N) is 2. The van der Waals surface area contributed by atoms with Gasteiger partial charge >= 0.3 is 0 Å². The van der Waals surface area contributed by atoms with Crippen molar-refractivity contribution >= 4 is 29.1 Å². The number of hydrazine groups is 1. The maximum absolute atomic E-state index is 11.7. The van der Waals surface area contributed by atoms with Gasteiger partial charge in [0, 0.05) is 26.0 Å². The van der Waals surface area contributed by atoms with E-state index in [1.165, 1.54) is 13.8 Å². The quantitative estimate of drug-likeness (QED) is 0.280. The lowest BCUT2D eigenvalue weighted by Crippen LogP contribution is -2.30. The molecule has 0 fully saturated rings. The number of amides is 3. The Kier molecular flexibility index (Phi) is 7.25. The Hall–Kier alpha value is -3.23. The average Bonchev–Trinajstić information content (AvgIpc) is 2.66. The van der Waals surface area contributed by atoms with Gasteiger partial charge in [0.25, 0.3) is 5.91 Å². The smallest absolute Gasteiger partial charge is 0.265 e. The topological polar surface area (TPSA) is 139 Å². The molecule has 8 heteroatoms. The van der Waals surface area contributed by atoms with Crippen LogP contribution in [0.15, 0.2) is 36.4 Å². The Morgan fingerprint density at radius 3 is 2.14 bits per heavy atom. The molecule has 28 heavy (non-hydrogen) atoms. The molecule has 0 unspecified atom stereocenters. The van der Waals surface area contributed by atoms with E-state index in [9.17, 15) is 14.4 Å². The second kappa shape index (κ2) is 9.63. The van der Waals surface area contributed by atoms with Crippen molar-refractivity contribution in [3.63, 3.8) is 0 Å². The largest absolute Gasteiger partial charge is 0.326 e. The van der Waals surface area contributed by atoms with Crippen LogP contribution in [0.4, 0.5) is 11.4 Å². The third-order valence-corrected chi connectivity index (χ3v) is 4.21. The minimum atomic E-state index is -0.366. The molecule has 2 aromatic carbocycles. The van der Waals surface area contributed by atoms with E-state index < -0.39 is 0 Å². The first-order valence-corrected chi connectivity index (χ1v) is 8.85. The van der Waals surface area contributed by atoms with E-state index in [-0.39, 0.29) is 17.7 Å². The normalized spacial score (nSPS) is 10.3. The van der Waals surface area contributed by atoms with E-state index in [0.29, 0.717) is 36.3 Å². The number of aryl methyl sites for hydroxylation is 2. The minimum Gasteiger partial charge on any atom is -0.326 e. The Morgan fingerprint density at radius 1 is 0.857 bits per heavy atom. The van der Waals surface area contributed by atoms with Crippen molar-refractivity contribution < 1.29 is 14.4 Å². The van der Waals surface area contributed by atoms with Gasteiger partial charge in [-0.3, -0.25) is 19.8 Å². The van der Waals surface area contributed by atoms with E-state index in [0.717, 1.165) is 16.7 Å². The highest BCUT2D eigenvalue weighted by atomic mass is 16.2. The van der Waals surface area contributed by atoms with E-state index in [4.69, 9.17) is 11.6 Å². The second-order valence-corrected chi connectivity index (χ2v) is 6.40. The monoisotopic (exact) mass is 383 g/mol.